The van der Waals surface area contributed by atoms with Crippen LogP contribution in [0.3, 0.4) is 0 Å². The molecule has 0 spiro atoms. The molecule has 0 bridgehead atoms. The number of alkyl halides is 3. The van der Waals surface area contributed by atoms with Gasteiger partial charge in [0.05, 0.1) is 5.56 Å². The average molecular weight is 377 g/mol. The number of fused-ring (bicyclic) bond motifs is 1. The van der Waals surface area contributed by atoms with E-state index in [1.807, 2.05) is 0 Å². The highest BCUT2D eigenvalue weighted by atomic mass is 19.4. The van der Waals surface area contributed by atoms with Crippen molar-refractivity contribution in [2.45, 2.75) is 19.2 Å². The van der Waals surface area contributed by atoms with Gasteiger partial charge < -0.3 is 14.5 Å². The predicted molar refractivity (Wildman–Crippen MR) is 92.6 cm³/mol. The molecule has 0 aliphatic heterocycles. The van der Waals surface area contributed by atoms with Gasteiger partial charge >= 0.3 is 11.8 Å². The molecule has 1 amide bonds. The molecule has 0 aliphatic rings. The number of nitrogens with one attached hydrogen (secondary N) is 1. The van der Waals surface area contributed by atoms with E-state index in [2.05, 4.69) is 5.32 Å². The quantitative estimate of drug-likeness (QED) is 0.692. The molecule has 140 valence electrons. The van der Waals surface area contributed by atoms with Crippen molar-refractivity contribution in [2.24, 2.45) is 0 Å². The lowest BCUT2D eigenvalue weighted by atomic mass is 10.1. The monoisotopic (exact) mass is 377 g/mol. The average Bonchev–Trinajstić information content (AvgIpc) is 2.60. The van der Waals surface area contributed by atoms with Gasteiger partial charge in [-0.1, -0.05) is 18.2 Å². The fourth-order valence-corrected chi connectivity index (χ4v) is 2.47. The Labute approximate surface area is 151 Å². The lowest BCUT2D eigenvalue weighted by molar-refractivity contribution is -0.136. The van der Waals surface area contributed by atoms with Gasteiger partial charge in [0.2, 0.25) is 0 Å². The molecular weight excluding hydrogens is 363 g/mol. The second-order valence-electron chi connectivity index (χ2n) is 5.75. The van der Waals surface area contributed by atoms with Crippen molar-refractivity contribution in [2.75, 3.05) is 5.32 Å². The Morgan fingerprint density at radius 3 is 2.48 bits per heavy atom. The van der Waals surface area contributed by atoms with Gasteiger partial charge in [-0.05, 0) is 31.2 Å². The topological polar surface area (TPSA) is 68.5 Å². The van der Waals surface area contributed by atoms with Crippen LogP contribution in [0, 0.1) is 0 Å². The summed E-state index contributed by atoms with van der Waals surface area (Å²) < 4.78 is 49.5. The number of hydrogen-bond donors (Lipinski definition) is 1. The summed E-state index contributed by atoms with van der Waals surface area (Å²) in [5.74, 6) is -0.340. The van der Waals surface area contributed by atoms with Gasteiger partial charge in [0.25, 0.3) is 5.91 Å². The van der Waals surface area contributed by atoms with Gasteiger partial charge in [0, 0.05) is 23.2 Å². The zero-order valence-electron chi connectivity index (χ0n) is 14.0. The maximum absolute atomic E-state index is 13.1. The Morgan fingerprint density at radius 2 is 1.81 bits per heavy atom. The van der Waals surface area contributed by atoms with Gasteiger partial charge in [-0.25, -0.2) is 4.79 Å². The summed E-state index contributed by atoms with van der Waals surface area (Å²) in [4.78, 5) is 23.6. The van der Waals surface area contributed by atoms with E-state index in [-0.39, 0.29) is 16.7 Å². The highest BCUT2D eigenvalue weighted by Gasteiger charge is 2.34. The van der Waals surface area contributed by atoms with Crippen LogP contribution in [0.25, 0.3) is 11.0 Å². The molecule has 0 saturated carbocycles. The van der Waals surface area contributed by atoms with Crippen molar-refractivity contribution in [3.05, 3.63) is 70.6 Å². The Hall–Kier alpha value is -3.29. The van der Waals surface area contributed by atoms with E-state index in [0.29, 0.717) is 11.8 Å². The van der Waals surface area contributed by atoms with Crippen LogP contribution in [-0.4, -0.2) is 12.0 Å². The number of rotatable bonds is 4. The maximum Gasteiger partial charge on any atom is 0.417 e. The molecule has 0 aliphatic carbocycles. The molecule has 3 rings (SSSR count). The molecular formula is C19H14F3NO4. The van der Waals surface area contributed by atoms with Crippen LogP contribution in [0.1, 0.15) is 12.5 Å². The van der Waals surface area contributed by atoms with Gasteiger partial charge in [0.1, 0.15) is 11.3 Å². The third-order valence-corrected chi connectivity index (χ3v) is 3.74. The first-order chi connectivity index (χ1) is 12.7. The van der Waals surface area contributed by atoms with E-state index >= 15 is 0 Å². The lowest BCUT2D eigenvalue weighted by Crippen LogP contribution is -2.30. The minimum absolute atomic E-state index is 0.0979. The standard InChI is InChI=1S/C19H14F3NO4/c1-11(18(25)23-12-5-3-2-4-6-12)26-13-7-8-14-15(19(20,21)22)10-17(24)27-16(14)9-13/h2-11H,1H3,(H,23,25). The molecule has 2 aromatic carbocycles. The Kier molecular flexibility index (Phi) is 4.89. The molecule has 0 fully saturated rings. The number of benzene rings is 2. The number of halogens is 3. The number of para-hydroxylation sites is 1. The van der Waals surface area contributed by atoms with Crippen LogP contribution in [0.5, 0.6) is 5.75 Å². The summed E-state index contributed by atoms with van der Waals surface area (Å²) in [5, 5.41) is 2.38. The molecule has 5 nitrogen and oxygen atoms in total. The summed E-state index contributed by atoms with van der Waals surface area (Å²) in [6.45, 7) is 1.49. The highest BCUT2D eigenvalue weighted by molar-refractivity contribution is 5.94. The second-order valence-corrected chi connectivity index (χ2v) is 5.75. The molecule has 0 radical (unpaired) electrons. The normalized spacial score (nSPS) is 12.6. The molecule has 3 aromatic rings. The Balaban J connectivity index is 1.83. The predicted octanol–water partition coefficient (Wildman–Crippen LogP) is 4.22. The van der Waals surface area contributed by atoms with E-state index in [1.165, 1.54) is 13.0 Å². The van der Waals surface area contributed by atoms with Gasteiger partial charge in [-0.15, -0.1) is 0 Å². The van der Waals surface area contributed by atoms with Crippen LogP contribution in [0.4, 0.5) is 18.9 Å². The third-order valence-electron chi connectivity index (χ3n) is 3.74. The van der Waals surface area contributed by atoms with Crippen LogP contribution in [0.15, 0.2) is 63.8 Å². The first-order valence-electron chi connectivity index (χ1n) is 7.92. The number of ether oxygens (including phenoxy) is 1. The fourth-order valence-electron chi connectivity index (χ4n) is 2.47. The number of carbonyl (C=O) groups excluding carboxylic acids is 1. The maximum atomic E-state index is 13.1. The summed E-state index contributed by atoms with van der Waals surface area (Å²) in [6, 6.07) is 12.7. The van der Waals surface area contributed by atoms with Crippen molar-refractivity contribution in [1.82, 2.24) is 0 Å². The van der Waals surface area contributed by atoms with Gasteiger partial charge in [-0.2, -0.15) is 13.2 Å². The first kappa shape index (κ1) is 18.5. The zero-order chi connectivity index (χ0) is 19.6. The van der Waals surface area contributed by atoms with Crippen LogP contribution in [-0.2, 0) is 11.0 Å². The van der Waals surface area contributed by atoms with Crippen molar-refractivity contribution < 1.29 is 27.1 Å². The van der Waals surface area contributed by atoms with Crippen LogP contribution in [0.2, 0.25) is 0 Å². The molecule has 27 heavy (non-hydrogen) atoms. The molecule has 1 heterocycles. The van der Waals surface area contributed by atoms with Crippen molar-refractivity contribution in [3.63, 3.8) is 0 Å². The molecule has 1 aromatic heterocycles. The Bertz CT molecular complexity index is 1030. The summed E-state index contributed by atoms with van der Waals surface area (Å²) in [7, 11) is 0. The fraction of sp³-hybridized carbons (Fsp3) is 0.158. The molecule has 1 atom stereocenters. The van der Waals surface area contributed by atoms with E-state index in [4.69, 9.17) is 9.15 Å². The van der Waals surface area contributed by atoms with E-state index in [0.717, 1.165) is 12.1 Å². The minimum atomic E-state index is -4.70. The van der Waals surface area contributed by atoms with Crippen molar-refractivity contribution in [1.29, 1.82) is 0 Å². The molecule has 1 N–H and O–H groups in total. The SMILES string of the molecule is CC(Oc1ccc2c(C(F)(F)F)cc(=O)oc2c1)C(=O)Nc1ccccc1. The van der Waals surface area contributed by atoms with Crippen LogP contribution < -0.4 is 15.7 Å². The summed E-state index contributed by atoms with van der Waals surface area (Å²) >= 11 is 0. The smallest absolute Gasteiger partial charge is 0.417 e. The van der Waals surface area contributed by atoms with E-state index in [1.54, 1.807) is 30.3 Å². The lowest BCUT2D eigenvalue weighted by Gasteiger charge is -2.15. The number of carbonyl (C=O) groups is 1. The van der Waals surface area contributed by atoms with Crippen LogP contribution >= 0.6 is 0 Å². The van der Waals surface area contributed by atoms with Gasteiger partial charge in [-0.3, -0.25) is 4.79 Å². The molecule has 8 heteroatoms. The van der Waals surface area contributed by atoms with Crippen molar-refractivity contribution in [3.8, 4) is 5.75 Å². The zero-order valence-corrected chi connectivity index (χ0v) is 14.0. The summed E-state index contributed by atoms with van der Waals surface area (Å²) in [5.41, 5.74) is -1.91. The summed E-state index contributed by atoms with van der Waals surface area (Å²) in [6.07, 6.45) is -5.63. The van der Waals surface area contributed by atoms with E-state index < -0.39 is 29.4 Å². The van der Waals surface area contributed by atoms with E-state index in [9.17, 15) is 22.8 Å². The highest BCUT2D eigenvalue weighted by Crippen LogP contribution is 2.34. The number of anilines is 1. The molecule has 0 saturated heterocycles. The first-order valence-corrected chi connectivity index (χ1v) is 7.92. The largest absolute Gasteiger partial charge is 0.481 e. The minimum Gasteiger partial charge on any atom is -0.481 e. The van der Waals surface area contributed by atoms with Crippen molar-refractivity contribution >= 4 is 22.6 Å². The number of amides is 1. The second kappa shape index (κ2) is 7.14. The van der Waals surface area contributed by atoms with Gasteiger partial charge in [0.15, 0.2) is 6.10 Å². The number of hydrogen-bond acceptors (Lipinski definition) is 4. The molecule has 1 unspecified atom stereocenters. The Morgan fingerprint density at radius 1 is 1.11 bits per heavy atom. The third kappa shape index (κ3) is 4.28.